The molecule has 0 bridgehead atoms. The minimum absolute atomic E-state index is 0.501. The molecular weight excluding hydrogens is 172 g/mol. The van der Waals surface area contributed by atoms with Crippen molar-refractivity contribution in [3.8, 4) is 0 Å². The summed E-state index contributed by atoms with van der Waals surface area (Å²) in [5.41, 5.74) is 5.95. The molecule has 2 nitrogen and oxygen atoms in total. The smallest absolute Gasteiger partial charge is 0.000517 e. The summed E-state index contributed by atoms with van der Waals surface area (Å²) in [6.45, 7) is 7.92. The monoisotopic (exact) mass is 198 g/mol. The van der Waals surface area contributed by atoms with Crippen molar-refractivity contribution >= 4 is 0 Å². The Morgan fingerprint density at radius 1 is 1.29 bits per heavy atom. The van der Waals surface area contributed by atoms with Crippen LogP contribution in [0.15, 0.2) is 0 Å². The maximum Gasteiger partial charge on any atom is 0.000517 e. The molecule has 0 aromatic heterocycles. The zero-order valence-electron chi connectivity index (χ0n) is 9.81. The van der Waals surface area contributed by atoms with Gasteiger partial charge in [0.2, 0.25) is 0 Å². The highest BCUT2D eigenvalue weighted by Crippen LogP contribution is 2.41. The zero-order chi connectivity index (χ0) is 10.4. The summed E-state index contributed by atoms with van der Waals surface area (Å²) in [4.78, 5) is 0. The summed E-state index contributed by atoms with van der Waals surface area (Å²) in [6, 6.07) is 0. The number of hydrogen-bond acceptors (Lipinski definition) is 2. The summed E-state index contributed by atoms with van der Waals surface area (Å²) in [5.74, 6) is 0.963. The SMILES string of the molecule is CC(C)(CNCCCCN)C1CCC1. The summed E-state index contributed by atoms with van der Waals surface area (Å²) < 4.78 is 0. The first-order valence-corrected chi connectivity index (χ1v) is 6.07. The molecule has 0 heterocycles. The van der Waals surface area contributed by atoms with Crippen LogP contribution >= 0.6 is 0 Å². The average Bonchev–Trinajstić information content (AvgIpc) is 1.99. The Morgan fingerprint density at radius 2 is 2.00 bits per heavy atom. The minimum atomic E-state index is 0.501. The van der Waals surface area contributed by atoms with E-state index in [0.717, 1.165) is 25.4 Å². The molecule has 14 heavy (non-hydrogen) atoms. The van der Waals surface area contributed by atoms with E-state index in [2.05, 4.69) is 19.2 Å². The Labute approximate surface area is 88.6 Å². The first-order chi connectivity index (χ1) is 6.67. The van der Waals surface area contributed by atoms with Gasteiger partial charge in [0.15, 0.2) is 0 Å². The number of hydrogen-bond donors (Lipinski definition) is 2. The van der Waals surface area contributed by atoms with Gasteiger partial charge in [-0.3, -0.25) is 0 Å². The average molecular weight is 198 g/mol. The van der Waals surface area contributed by atoms with Crippen molar-refractivity contribution in [3.05, 3.63) is 0 Å². The van der Waals surface area contributed by atoms with E-state index in [0.29, 0.717) is 5.41 Å². The highest BCUT2D eigenvalue weighted by Gasteiger charge is 2.33. The van der Waals surface area contributed by atoms with Gasteiger partial charge in [-0.1, -0.05) is 20.3 Å². The van der Waals surface area contributed by atoms with Crippen LogP contribution in [-0.4, -0.2) is 19.6 Å². The van der Waals surface area contributed by atoms with Crippen molar-refractivity contribution in [3.63, 3.8) is 0 Å². The molecule has 0 unspecified atom stereocenters. The summed E-state index contributed by atoms with van der Waals surface area (Å²) in [6.07, 6.45) is 6.70. The van der Waals surface area contributed by atoms with E-state index >= 15 is 0 Å². The van der Waals surface area contributed by atoms with Gasteiger partial charge in [-0.2, -0.15) is 0 Å². The molecule has 0 radical (unpaired) electrons. The second-order valence-corrected chi connectivity index (χ2v) is 5.29. The Balaban J connectivity index is 2.03. The Morgan fingerprint density at radius 3 is 2.50 bits per heavy atom. The van der Waals surface area contributed by atoms with Gasteiger partial charge in [0.1, 0.15) is 0 Å². The minimum Gasteiger partial charge on any atom is -0.330 e. The Kier molecular flexibility index (Phi) is 4.90. The Hall–Kier alpha value is -0.0800. The first-order valence-electron chi connectivity index (χ1n) is 6.07. The van der Waals surface area contributed by atoms with Crippen LogP contribution in [0, 0.1) is 11.3 Å². The van der Waals surface area contributed by atoms with Crippen molar-refractivity contribution in [1.82, 2.24) is 5.32 Å². The van der Waals surface area contributed by atoms with Crippen molar-refractivity contribution in [1.29, 1.82) is 0 Å². The third-order valence-corrected chi connectivity index (χ3v) is 3.60. The molecule has 2 heteroatoms. The van der Waals surface area contributed by atoms with Crippen LogP contribution in [-0.2, 0) is 0 Å². The molecule has 1 fully saturated rings. The number of unbranched alkanes of at least 4 members (excludes halogenated alkanes) is 1. The van der Waals surface area contributed by atoms with Gasteiger partial charge in [0.05, 0.1) is 0 Å². The maximum atomic E-state index is 5.45. The molecule has 0 saturated heterocycles. The van der Waals surface area contributed by atoms with E-state index in [9.17, 15) is 0 Å². The lowest BCUT2D eigenvalue weighted by atomic mass is 9.67. The van der Waals surface area contributed by atoms with Crippen molar-refractivity contribution in [2.24, 2.45) is 17.1 Å². The standard InChI is InChI=1S/C12H26N2/c1-12(2,11-6-5-7-11)10-14-9-4-3-8-13/h11,14H,3-10,13H2,1-2H3. The van der Waals surface area contributed by atoms with Crippen LogP contribution in [0.4, 0.5) is 0 Å². The molecule has 84 valence electrons. The molecular formula is C12H26N2. The topological polar surface area (TPSA) is 38.0 Å². The fourth-order valence-electron chi connectivity index (χ4n) is 2.14. The van der Waals surface area contributed by atoms with Crippen molar-refractivity contribution in [2.45, 2.75) is 46.0 Å². The van der Waals surface area contributed by atoms with Gasteiger partial charge in [-0.05, 0) is 50.1 Å². The predicted octanol–water partition coefficient (Wildman–Crippen LogP) is 2.14. The maximum absolute atomic E-state index is 5.45. The van der Waals surface area contributed by atoms with Gasteiger partial charge in [0, 0.05) is 6.54 Å². The van der Waals surface area contributed by atoms with Gasteiger partial charge in [-0.25, -0.2) is 0 Å². The molecule has 0 atom stereocenters. The van der Waals surface area contributed by atoms with Crippen LogP contribution in [0.5, 0.6) is 0 Å². The van der Waals surface area contributed by atoms with Gasteiger partial charge >= 0.3 is 0 Å². The summed E-state index contributed by atoms with van der Waals surface area (Å²) in [5, 5.41) is 3.55. The quantitative estimate of drug-likeness (QED) is 0.615. The number of nitrogens with one attached hydrogen (secondary N) is 1. The third kappa shape index (κ3) is 3.58. The molecule has 0 aromatic rings. The van der Waals surface area contributed by atoms with E-state index in [1.807, 2.05) is 0 Å². The second-order valence-electron chi connectivity index (χ2n) is 5.29. The summed E-state index contributed by atoms with van der Waals surface area (Å²) >= 11 is 0. The second kappa shape index (κ2) is 5.72. The highest BCUT2D eigenvalue weighted by atomic mass is 14.9. The molecule has 1 saturated carbocycles. The largest absolute Gasteiger partial charge is 0.330 e. The lowest BCUT2D eigenvalue weighted by molar-refractivity contribution is 0.119. The molecule has 0 aliphatic heterocycles. The third-order valence-electron chi connectivity index (χ3n) is 3.60. The van der Waals surface area contributed by atoms with Crippen LogP contribution in [0.25, 0.3) is 0 Å². The molecule has 0 aromatic carbocycles. The molecule has 3 N–H and O–H groups in total. The predicted molar refractivity (Wildman–Crippen MR) is 62.3 cm³/mol. The lowest BCUT2D eigenvalue weighted by Gasteiger charge is -2.40. The lowest BCUT2D eigenvalue weighted by Crippen LogP contribution is -2.39. The van der Waals surface area contributed by atoms with E-state index in [-0.39, 0.29) is 0 Å². The van der Waals surface area contributed by atoms with Crippen LogP contribution in [0.1, 0.15) is 46.0 Å². The van der Waals surface area contributed by atoms with Crippen LogP contribution in [0.3, 0.4) is 0 Å². The molecule has 1 aliphatic rings. The molecule has 1 rings (SSSR count). The van der Waals surface area contributed by atoms with Crippen LogP contribution < -0.4 is 11.1 Å². The fraction of sp³-hybridized carbons (Fsp3) is 1.00. The molecule has 1 aliphatic carbocycles. The fourth-order valence-corrected chi connectivity index (χ4v) is 2.14. The number of rotatable bonds is 7. The van der Waals surface area contributed by atoms with Gasteiger partial charge < -0.3 is 11.1 Å². The normalized spacial score (nSPS) is 18.2. The van der Waals surface area contributed by atoms with Crippen LogP contribution in [0.2, 0.25) is 0 Å². The summed E-state index contributed by atoms with van der Waals surface area (Å²) in [7, 11) is 0. The van der Waals surface area contributed by atoms with E-state index < -0.39 is 0 Å². The van der Waals surface area contributed by atoms with Crippen molar-refractivity contribution in [2.75, 3.05) is 19.6 Å². The first kappa shape index (κ1) is 12.0. The van der Waals surface area contributed by atoms with Crippen molar-refractivity contribution < 1.29 is 0 Å². The number of nitrogens with two attached hydrogens (primary N) is 1. The van der Waals surface area contributed by atoms with Gasteiger partial charge in [0.25, 0.3) is 0 Å². The van der Waals surface area contributed by atoms with E-state index in [4.69, 9.17) is 5.73 Å². The molecule has 0 amide bonds. The Bertz CT molecular complexity index is 150. The van der Waals surface area contributed by atoms with E-state index in [1.165, 1.54) is 32.2 Å². The zero-order valence-corrected chi connectivity index (χ0v) is 9.81. The highest BCUT2D eigenvalue weighted by molar-refractivity contribution is 4.85. The molecule has 0 spiro atoms. The van der Waals surface area contributed by atoms with E-state index in [1.54, 1.807) is 0 Å². The van der Waals surface area contributed by atoms with Gasteiger partial charge in [-0.15, -0.1) is 0 Å².